The number of rotatable bonds is 10. The van der Waals surface area contributed by atoms with Gasteiger partial charge in [-0.25, -0.2) is 0 Å². The van der Waals surface area contributed by atoms with Crippen molar-refractivity contribution in [3.05, 3.63) is 57.6 Å². The highest BCUT2D eigenvalue weighted by molar-refractivity contribution is 6.45. The quantitative estimate of drug-likeness (QED) is 0.402. The van der Waals surface area contributed by atoms with Crippen LogP contribution >= 0.6 is 23.2 Å². The molecule has 0 heterocycles. The molecule has 0 fully saturated rings. The Hall–Kier alpha value is -2.44. The minimum Gasteiger partial charge on any atom is -0.490 e. The molecule has 0 aliphatic heterocycles. The van der Waals surface area contributed by atoms with Gasteiger partial charge in [-0.2, -0.15) is 0 Å². The van der Waals surface area contributed by atoms with Crippen LogP contribution in [0.4, 0.5) is 0 Å². The molecule has 162 valence electrons. The van der Waals surface area contributed by atoms with E-state index in [2.05, 4.69) is 24.3 Å². The summed E-state index contributed by atoms with van der Waals surface area (Å²) in [6, 6.07) is 10.6. The van der Waals surface area contributed by atoms with E-state index in [1.54, 1.807) is 18.2 Å². The molecule has 0 saturated carbocycles. The van der Waals surface area contributed by atoms with E-state index in [1.165, 1.54) is 14.2 Å². The lowest BCUT2D eigenvalue weighted by Gasteiger charge is -2.15. The van der Waals surface area contributed by atoms with Crippen LogP contribution in [0, 0.1) is 5.92 Å². The molecular formula is C22H26Cl2N2O4. The van der Waals surface area contributed by atoms with Crippen molar-refractivity contribution in [3.63, 3.8) is 0 Å². The first kappa shape index (κ1) is 23.8. The van der Waals surface area contributed by atoms with Gasteiger partial charge in [0.1, 0.15) is 19.5 Å². The van der Waals surface area contributed by atoms with Crippen LogP contribution in [0.15, 0.2) is 41.6 Å². The Morgan fingerprint density at radius 2 is 1.80 bits per heavy atom. The highest BCUT2D eigenvalue weighted by Crippen LogP contribution is 2.37. The highest BCUT2D eigenvalue weighted by atomic mass is 35.5. The minimum atomic E-state index is -0.363. The van der Waals surface area contributed by atoms with Crippen molar-refractivity contribution in [2.24, 2.45) is 11.1 Å². The van der Waals surface area contributed by atoms with Crippen LogP contribution in [0.5, 0.6) is 11.5 Å². The fourth-order valence-electron chi connectivity index (χ4n) is 2.62. The molecule has 0 spiro atoms. The third kappa shape index (κ3) is 6.54. The van der Waals surface area contributed by atoms with Gasteiger partial charge in [-0.05, 0) is 17.9 Å². The van der Waals surface area contributed by atoms with Crippen molar-refractivity contribution < 1.29 is 19.1 Å². The maximum Gasteiger partial charge on any atom is 0.273 e. The molecule has 6 nitrogen and oxygen atoms in total. The Balaban J connectivity index is 2.18. The van der Waals surface area contributed by atoms with Crippen LogP contribution in [0.25, 0.3) is 0 Å². The lowest BCUT2D eigenvalue weighted by molar-refractivity contribution is -0.114. The van der Waals surface area contributed by atoms with Gasteiger partial charge in [-0.15, -0.1) is 0 Å². The van der Waals surface area contributed by atoms with Crippen LogP contribution in [0.3, 0.4) is 0 Å². The number of oxime groups is 1. The van der Waals surface area contributed by atoms with Crippen LogP contribution in [-0.2, 0) is 16.2 Å². The lowest BCUT2D eigenvalue weighted by Crippen LogP contribution is -2.29. The second kappa shape index (κ2) is 11.7. The summed E-state index contributed by atoms with van der Waals surface area (Å²) in [5.74, 6) is 1.09. The predicted molar refractivity (Wildman–Crippen MR) is 120 cm³/mol. The summed E-state index contributed by atoms with van der Waals surface area (Å²) < 4.78 is 11.6. The molecule has 30 heavy (non-hydrogen) atoms. The third-order valence-corrected chi connectivity index (χ3v) is 4.77. The van der Waals surface area contributed by atoms with E-state index >= 15 is 0 Å². The monoisotopic (exact) mass is 452 g/mol. The van der Waals surface area contributed by atoms with E-state index in [9.17, 15) is 4.79 Å². The molecule has 0 aliphatic carbocycles. The number of likely N-dealkylation sites (N-methyl/N-ethyl adjacent to an activating group) is 1. The number of hydrogen-bond acceptors (Lipinski definition) is 5. The highest BCUT2D eigenvalue weighted by Gasteiger charge is 2.18. The Morgan fingerprint density at radius 1 is 1.13 bits per heavy atom. The van der Waals surface area contributed by atoms with E-state index in [0.29, 0.717) is 39.6 Å². The second-order valence-corrected chi connectivity index (χ2v) is 7.71. The standard InChI is InChI=1S/C22H26Cl2N2O4/c1-14(2)9-10-29-21-18(23)11-16(12-19(21)24)30-13-15-7-5-6-8-17(15)20(26-28-4)22(27)25-3/h5-8,11-12,14H,9-10,13H2,1-4H3,(H,25,27). The van der Waals surface area contributed by atoms with Crippen molar-refractivity contribution in [1.29, 1.82) is 0 Å². The van der Waals surface area contributed by atoms with Crippen molar-refractivity contribution in [2.75, 3.05) is 20.8 Å². The van der Waals surface area contributed by atoms with Gasteiger partial charge in [0, 0.05) is 24.7 Å². The number of benzene rings is 2. The topological polar surface area (TPSA) is 69.2 Å². The Morgan fingerprint density at radius 3 is 2.40 bits per heavy atom. The van der Waals surface area contributed by atoms with Gasteiger partial charge < -0.3 is 19.6 Å². The van der Waals surface area contributed by atoms with Gasteiger partial charge in [0.15, 0.2) is 11.5 Å². The molecule has 0 unspecified atom stereocenters. The molecule has 2 rings (SSSR count). The number of nitrogens with zero attached hydrogens (tertiary/aromatic N) is 1. The molecule has 1 amide bonds. The maximum absolute atomic E-state index is 12.2. The normalized spacial score (nSPS) is 11.4. The predicted octanol–water partition coefficient (Wildman–Crippen LogP) is 5.09. The number of nitrogens with one attached hydrogen (secondary N) is 1. The van der Waals surface area contributed by atoms with E-state index in [4.69, 9.17) is 37.5 Å². The summed E-state index contributed by atoms with van der Waals surface area (Å²) in [5.41, 5.74) is 1.51. The summed E-state index contributed by atoms with van der Waals surface area (Å²) in [6.45, 7) is 4.95. The van der Waals surface area contributed by atoms with Gasteiger partial charge in [0.25, 0.3) is 5.91 Å². The third-order valence-electron chi connectivity index (χ3n) is 4.20. The van der Waals surface area contributed by atoms with Gasteiger partial charge in [-0.1, -0.05) is 66.5 Å². The Bertz CT molecular complexity index is 877. The summed E-state index contributed by atoms with van der Waals surface area (Å²) >= 11 is 12.7. The van der Waals surface area contributed by atoms with Gasteiger partial charge in [-0.3, -0.25) is 4.79 Å². The van der Waals surface area contributed by atoms with Crippen molar-refractivity contribution in [2.45, 2.75) is 26.9 Å². The summed E-state index contributed by atoms with van der Waals surface area (Å²) in [6.07, 6.45) is 0.901. The lowest BCUT2D eigenvalue weighted by atomic mass is 10.0. The van der Waals surface area contributed by atoms with Crippen molar-refractivity contribution >= 4 is 34.8 Å². The molecule has 2 aromatic rings. The van der Waals surface area contributed by atoms with E-state index in [0.717, 1.165) is 12.0 Å². The van der Waals surface area contributed by atoms with Gasteiger partial charge in [0.05, 0.1) is 16.7 Å². The van der Waals surface area contributed by atoms with E-state index < -0.39 is 0 Å². The number of carbonyl (C=O) groups excluding carboxylic acids is 1. The van der Waals surface area contributed by atoms with Crippen LogP contribution in [0.1, 0.15) is 31.4 Å². The average Bonchev–Trinajstić information content (AvgIpc) is 2.72. The molecule has 0 atom stereocenters. The zero-order valence-electron chi connectivity index (χ0n) is 17.5. The van der Waals surface area contributed by atoms with Crippen molar-refractivity contribution in [1.82, 2.24) is 5.32 Å². The Kier molecular flexibility index (Phi) is 9.27. The number of ether oxygens (including phenoxy) is 2. The minimum absolute atomic E-state index is 0.157. The van der Waals surface area contributed by atoms with Crippen LogP contribution < -0.4 is 14.8 Å². The maximum atomic E-state index is 12.2. The first-order valence-corrected chi connectivity index (χ1v) is 10.3. The molecule has 0 aliphatic rings. The smallest absolute Gasteiger partial charge is 0.273 e. The average molecular weight is 453 g/mol. The van der Waals surface area contributed by atoms with E-state index in [-0.39, 0.29) is 18.2 Å². The molecule has 1 N–H and O–H groups in total. The molecule has 2 aromatic carbocycles. The zero-order chi connectivity index (χ0) is 22.1. The number of amides is 1. The van der Waals surface area contributed by atoms with Gasteiger partial charge >= 0.3 is 0 Å². The van der Waals surface area contributed by atoms with E-state index in [1.807, 2.05) is 18.2 Å². The second-order valence-electron chi connectivity index (χ2n) is 6.89. The van der Waals surface area contributed by atoms with Crippen molar-refractivity contribution in [3.8, 4) is 11.5 Å². The summed E-state index contributed by atoms with van der Waals surface area (Å²) in [4.78, 5) is 17.0. The SMILES string of the molecule is CNC(=O)C(=NOC)c1ccccc1COc1cc(Cl)c(OCCC(C)C)c(Cl)c1. The summed E-state index contributed by atoms with van der Waals surface area (Å²) in [5, 5.41) is 7.16. The Labute approximate surface area is 187 Å². The molecule has 0 aromatic heterocycles. The molecule has 0 saturated heterocycles. The fourth-order valence-corrected chi connectivity index (χ4v) is 3.19. The number of hydrogen-bond donors (Lipinski definition) is 1. The molecule has 0 bridgehead atoms. The molecule has 0 radical (unpaired) electrons. The largest absolute Gasteiger partial charge is 0.490 e. The number of carbonyl (C=O) groups is 1. The fraction of sp³-hybridized carbons (Fsp3) is 0.364. The van der Waals surface area contributed by atoms with Crippen LogP contribution in [0.2, 0.25) is 10.0 Å². The van der Waals surface area contributed by atoms with Crippen LogP contribution in [-0.4, -0.2) is 32.4 Å². The first-order valence-electron chi connectivity index (χ1n) is 9.53. The number of halogens is 2. The molecular weight excluding hydrogens is 427 g/mol. The van der Waals surface area contributed by atoms with Gasteiger partial charge in [0.2, 0.25) is 0 Å². The summed E-state index contributed by atoms with van der Waals surface area (Å²) in [7, 11) is 2.91. The molecule has 8 heteroatoms. The first-order chi connectivity index (χ1) is 14.4. The zero-order valence-corrected chi connectivity index (χ0v) is 19.0.